The molecule has 0 bridgehead atoms. The highest BCUT2D eigenvalue weighted by Crippen LogP contribution is 2.17. The molecule has 0 radical (unpaired) electrons. The number of amides is 1. The molecule has 104 valence electrons. The van der Waals surface area contributed by atoms with Crippen LogP contribution in [0.25, 0.3) is 6.08 Å². The van der Waals surface area contributed by atoms with Gasteiger partial charge in [-0.2, -0.15) is 0 Å². The molecule has 1 aromatic heterocycles. The molecule has 0 aliphatic carbocycles. The minimum Gasteiger partial charge on any atom is -0.478 e. The van der Waals surface area contributed by atoms with Crippen LogP contribution in [-0.4, -0.2) is 54.5 Å². The van der Waals surface area contributed by atoms with E-state index < -0.39 is 5.97 Å². The van der Waals surface area contributed by atoms with Crippen molar-refractivity contribution in [1.82, 2.24) is 9.80 Å². The summed E-state index contributed by atoms with van der Waals surface area (Å²) in [4.78, 5) is 26.5. The lowest BCUT2D eigenvalue weighted by Gasteiger charge is -2.18. The van der Waals surface area contributed by atoms with Crippen LogP contribution in [0.2, 0.25) is 0 Å². The van der Waals surface area contributed by atoms with Gasteiger partial charge in [0, 0.05) is 24.5 Å². The number of carbonyl (C=O) groups is 2. The van der Waals surface area contributed by atoms with E-state index in [1.54, 1.807) is 18.0 Å². The molecular weight excluding hydrogens is 264 g/mol. The number of hydrogen-bond acceptors (Lipinski definition) is 4. The van der Waals surface area contributed by atoms with Crippen molar-refractivity contribution in [2.75, 3.05) is 27.7 Å². The standard InChI is InChI=1S/C13H18N2O3S/c1-14(2)8-12(16)15(3)7-10-6-11(19-9-10)4-5-13(17)18/h4-6,9H,7-8H2,1-3H3,(H,17,18)/b5-4+. The Kier molecular flexibility index (Phi) is 5.72. The summed E-state index contributed by atoms with van der Waals surface area (Å²) < 4.78 is 0. The highest BCUT2D eigenvalue weighted by atomic mass is 32.1. The van der Waals surface area contributed by atoms with Gasteiger partial charge in [0.2, 0.25) is 5.91 Å². The van der Waals surface area contributed by atoms with Gasteiger partial charge < -0.3 is 14.9 Å². The molecule has 1 N–H and O–H groups in total. The first-order valence-corrected chi connectivity index (χ1v) is 6.63. The molecule has 1 amide bonds. The van der Waals surface area contributed by atoms with Gasteiger partial charge in [0.05, 0.1) is 6.54 Å². The average molecular weight is 282 g/mol. The van der Waals surface area contributed by atoms with E-state index in [-0.39, 0.29) is 5.91 Å². The number of carbonyl (C=O) groups excluding carboxylic acids is 1. The van der Waals surface area contributed by atoms with Crippen LogP contribution in [0.15, 0.2) is 17.5 Å². The highest BCUT2D eigenvalue weighted by molar-refractivity contribution is 7.11. The van der Waals surface area contributed by atoms with E-state index in [1.165, 1.54) is 11.3 Å². The molecule has 0 aliphatic rings. The summed E-state index contributed by atoms with van der Waals surface area (Å²) >= 11 is 1.46. The fraction of sp³-hybridized carbons (Fsp3) is 0.385. The molecule has 5 nitrogen and oxygen atoms in total. The van der Waals surface area contributed by atoms with Crippen LogP contribution in [-0.2, 0) is 16.1 Å². The van der Waals surface area contributed by atoms with Crippen LogP contribution in [0.1, 0.15) is 10.4 Å². The maximum absolute atomic E-state index is 11.8. The number of aliphatic carboxylic acids is 1. The van der Waals surface area contributed by atoms with Crippen LogP contribution in [0, 0.1) is 0 Å². The van der Waals surface area contributed by atoms with E-state index in [0.717, 1.165) is 16.5 Å². The zero-order chi connectivity index (χ0) is 14.4. The van der Waals surface area contributed by atoms with Crippen molar-refractivity contribution in [3.63, 3.8) is 0 Å². The van der Waals surface area contributed by atoms with E-state index in [2.05, 4.69) is 0 Å². The van der Waals surface area contributed by atoms with Gasteiger partial charge in [-0.25, -0.2) is 4.79 Å². The van der Waals surface area contributed by atoms with Gasteiger partial charge in [0.1, 0.15) is 0 Å². The Hall–Kier alpha value is -1.66. The molecule has 0 saturated carbocycles. The monoisotopic (exact) mass is 282 g/mol. The lowest BCUT2D eigenvalue weighted by Crippen LogP contribution is -2.34. The minimum atomic E-state index is -0.965. The van der Waals surface area contributed by atoms with Gasteiger partial charge in [-0.15, -0.1) is 11.3 Å². The quantitative estimate of drug-likeness (QED) is 0.800. The molecule has 0 unspecified atom stereocenters. The molecule has 19 heavy (non-hydrogen) atoms. The number of thiophene rings is 1. The lowest BCUT2D eigenvalue weighted by atomic mass is 10.3. The van der Waals surface area contributed by atoms with Crippen LogP contribution in [0.5, 0.6) is 0 Å². The van der Waals surface area contributed by atoms with Gasteiger partial charge in [-0.3, -0.25) is 4.79 Å². The Morgan fingerprint density at radius 1 is 1.37 bits per heavy atom. The van der Waals surface area contributed by atoms with E-state index >= 15 is 0 Å². The zero-order valence-electron chi connectivity index (χ0n) is 11.3. The number of carboxylic acids is 1. The molecule has 1 heterocycles. The van der Waals surface area contributed by atoms with Crippen LogP contribution >= 0.6 is 11.3 Å². The third kappa shape index (κ3) is 5.67. The third-order valence-electron chi connectivity index (χ3n) is 2.36. The number of carboxylic acid groups (broad SMARTS) is 1. The molecule has 1 aromatic rings. The van der Waals surface area contributed by atoms with Crippen molar-refractivity contribution in [3.05, 3.63) is 28.0 Å². The minimum absolute atomic E-state index is 0.0545. The van der Waals surface area contributed by atoms with Crippen molar-refractivity contribution < 1.29 is 14.7 Å². The predicted molar refractivity (Wildman–Crippen MR) is 76.0 cm³/mol. The summed E-state index contributed by atoms with van der Waals surface area (Å²) in [5.41, 5.74) is 1.00. The Morgan fingerprint density at radius 3 is 2.63 bits per heavy atom. The second kappa shape index (κ2) is 7.06. The Labute approximate surface area is 116 Å². The summed E-state index contributed by atoms with van der Waals surface area (Å²) in [5.74, 6) is -0.910. The van der Waals surface area contributed by atoms with E-state index in [0.29, 0.717) is 13.1 Å². The maximum Gasteiger partial charge on any atom is 0.328 e. The molecule has 1 rings (SSSR count). The van der Waals surface area contributed by atoms with Crippen molar-refractivity contribution in [2.24, 2.45) is 0 Å². The van der Waals surface area contributed by atoms with E-state index in [4.69, 9.17) is 5.11 Å². The molecular formula is C13H18N2O3S. The third-order valence-corrected chi connectivity index (χ3v) is 3.31. The topological polar surface area (TPSA) is 60.9 Å². The summed E-state index contributed by atoms with van der Waals surface area (Å²) in [7, 11) is 5.46. The van der Waals surface area contributed by atoms with Crippen molar-refractivity contribution in [3.8, 4) is 0 Å². The molecule has 0 saturated heterocycles. The van der Waals surface area contributed by atoms with Crippen molar-refractivity contribution >= 4 is 29.3 Å². The smallest absolute Gasteiger partial charge is 0.328 e. The van der Waals surface area contributed by atoms with Crippen molar-refractivity contribution in [1.29, 1.82) is 0 Å². The fourth-order valence-corrected chi connectivity index (χ4v) is 2.27. The molecule has 0 aromatic carbocycles. The molecule has 0 atom stereocenters. The number of nitrogens with zero attached hydrogens (tertiary/aromatic N) is 2. The summed E-state index contributed by atoms with van der Waals surface area (Å²) in [6.07, 6.45) is 2.66. The summed E-state index contributed by atoms with van der Waals surface area (Å²) in [6, 6.07) is 1.89. The second-order valence-electron chi connectivity index (χ2n) is 4.52. The molecule has 0 aliphatic heterocycles. The molecule has 0 spiro atoms. The van der Waals surface area contributed by atoms with Gasteiger partial charge in [-0.1, -0.05) is 0 Å². The lowest BCUT2D eigenvalue weighted by molar-refractivity contribution is -0.132. The van der Waals surface area contributed by atoms with Gasteiger partial charge >= 0.3 is 5.97 Å². The first kappa shape index (κ1) is 15.4. The molecule has 0 fully saturated rings. The Morgan fingerprint density at radius 2 is 2.05 bits per heavy atom. The van der Waals surface area contributed by atoms with Crippen molar-refractivity contribution in [2.45, 2.75) is 6.54 Å². The maximum atomic E-state index is 11.8. The van der Waals surface area contributed by atoms with Crippen LogP contribution < -0.4 is 0 Å². The largest absolute Gasteiger partial charge is 0.478 e. The molecule has 6 heteroatoms. The van der Waals surface area contributed by atoms with E-state index in [1.807, 2.05) is 30.4 Å². The van der Waals surface area contributed by atoms with Gasteiger partial charge in [-0.05, 0) is 37.2 Å². The first-order valence-electron chi connectivity index (χ1n) is 5.75. The zero-order valence-corrected chi connectivity index (χ0v) is 12.1. The Bertz CT molecular complexity index is 480. The number of rotatable bonds is 6. The van der Waals surface area contributed by atoms with Gasteiger partial charge in [0.15, 0.2) is 0 Å². The van der Waals surface area contributed by atoms with Gasteiger partial charge in [0.25, 0.3) is 0 Å². The number of likely N-dealkylation sites (N-methyl/N-ethyl adjacent to an activating group) is 2. The van der Waals surface area contributed by atoms with E-state index in [9.17, 15) is 9.59 Å². The highest BCUT2D eigenvalue weighted by Gasteiger charge is 2.10. The summed E-state index contributed by atoms with van der Waals surface area (Å²) in [6.45, 7) is 0.913. The summed E-state index contributed by atoms with van der Waals surface area (Å²) in [5, 5.41) is 10.5. The van der Waals surface area contributed by atoms with Crippen LogP contribution in [0.4, 0.5) is 0 Å². The SMILES string of the molecule is CN(C)CC(=O)N(C)Cc1csc(/C=C/C(=O)O)c1. The normalized spacial score (nSPS) is 11.2. The number of hydrogen-bond donors (Lipinski definition) is 1. The second-order valence-corrected chi connectivity index (χ2v) is 5.46. The van der Waals surface area contributed by atoms with Crippen LogP contribution in [0.3, 0.4) is 0 Å². The first-order chi connectivity index (χ1) is 8.88. The average Bonchev–Trinajstić information content (AvgIpc) is 2.73. The fourth-order valence-electron chi connectivity index (χ4n) is 1.47. The Balaban J connectivity index is 2.58. The predicted octanol–water partition coefficient (Wildman–Crippen LogP) is 1.37.